The molecule has 0 bridgehead atoms. The van der Waals surface area contributed by atoms with E-state index in [2.05, 4.69) is 66.2 Å². The average Bonchev–Trinajstić information content (AvgIpc) is 2.82. The van der Waals surface area contributed by atoms with Gasteiger partial charge in [-0.1, -0.05) is 24.3 Å². The van der Waals surface area contributed by atoms with E-state index in [4.69, 9.17) is 0 Å². The monoisotopic (exact) mass is 229 g/mol. The highest BCUT2D eigenvalue weighted by Crippen LogP contribution is 2.15. The second-order valence-electron chi connectivity index (χ2n) is 3.50. The highest BCUT2D eigenvalue weighted by molar-refractivity contribution is 7.10. The van der Waals surface area contributed by atoms with E-state index in [0.29, 0.717) is 0 Å². The van der Waals surface area contributed by atoms with Gasteiger partial charge in [0.15, 0.2) is 0 Å². The van der Waals surface area contributed by atoms with Crippen LogP contribution in [0.1, 0.15) is 17.4 Å². The van der Waals surface area contributed by atoms with E-state index in [1.54, 1.807) is 11.3 Å². The lowest BCUT2D eigenvalue weighted by atomic mass is 10.2. The second kappa shape index (κ2) is 5.52. The van der Waals surface area contributed by atoms with Crippen LogP contribution in [-0.2, 0) is 0 Å². The van der Waals surface area contributed by atoms with E-state index in [0.717, 1.165) is 6.54 Å². The summed E-state index contributed by atoms with van der Waals surface area (Å²) >= 11 is 1.75. The first kappa shape index (κ1) is 11.0. The van der Waals surface area contributed by atoms with Gasteiger partial charge in [0.2, 0.25) is 0 Å². The number of anilines is 1. The second-order valence-corrected chi connectivity index (χ2v) is 4.48. The molecule has 1 aromatic heterocycles. The number of hydrogen-bond acceptors (Lipinski definition) is 2. The average molecular weight is 229 g/mol. The van der Waals surface area contributed by atoms with E-state index in [1.807, 2.05) is 0 Å². The minimum atomic E-state index is 0.963. The maximum atomic E-state index is 3.28. The van der Waals surface area contributed by atoms with Gasteiger partial charge in [-0.25, -0.2) is 0 Å². The fourth-order valence-corrected chi connectivity index (χ4v) is 2.10. The van der Waals surface area contributed by atoms with Gasteiger partial charge < -0.3 is 5.32 Å². The molecule has 2 heteroatoms. The quantitative estimate of drug-likeness (QED) is 0.821. The molecule has 0 spiro atoms. The molecule has 0 radical (unpaired) electrons. The fraction of sp³-hybridized carbons (Fsp3) is 0.143. The highest BCUT2D eigenvalue weighted by atomic mass is 32.1. The zero-order valence-electron chi connectivity index (χ0n) is 9.31. The molecule has 1 heterocycles. The molecule has 0 unspecified atom stereocenters. The molecule has 0 saturated heterocycles. The lowest BCUT2D eigenvalue weighted by molar-refractivity contribution is 1.21. The molecule has 1 aromatic carbocycles. The van der Waals surface area contributed by atoms with E-state index >= 15 is 0 Å². The number of thiophene rings is 1. The third-order valence-corrected chi connectivity index (χ3v) is 3.11. The largest absolute Gasteiger partial charge is 0.385 e. The van der Waals surface area contributed by atoms with Gasteiger partial charge >= 0.3 is 0 Å². The summed E-state index contributed by atoms with van der Waals surface area (Å²) in [4.78, 5) is 1.29. The topological polar surface area (TPSA) is 12.0 Å². The van der Waals surface area contributed by atoms with Crippen molar-refractivity contribution in [1.29, 1.82) is 0 Å². The van der Waals surface area contributed by atoms with Crippen molar-refractivity contribution in [3.63, 3.8) is 0 Å². The first-order chi connectivity index (χ1) is 7.88. The van der Waals surface area contributed by atoms with Gasteiger partial charge in [-0.15, -0.1) is 11.3 Å². The zero-order valence-corrected chi connectivity index (χ0v) is 10.1. The Morgan fingerprint density at radius 1 is 1.12 bits per heavy atom. The van der Waals surface area contributed by atoms with Gasteiger partial charge in [0.25, 0.3) is 0 Å². The Bertz CT molecular complexity index is 440. The van der Waals surface area contributed by atoms with Crippen molar-refractivity contribution in [2.45, 2.75) is 6.92 Å². The lowest BCUT2D eigenvalue weighted by Gasteiger charge is -2.02. The zero-order chi connectivity index (χ0) is 11.2. The molecule has 0 aliphatic carbocycles. The van der Waals surface area contributed by atoms with E-state index < -0.39 is 0 Å². The third-order valence-electron chi connectivity index (χ3n) is 2.27. The molecule has 0 fully saturated rings. The number of benzene rings is 1. The molecule has 2 rings (SSSR count). The summed E-state index contributed by atoms with van der Waals surface area (Å²) in [6.07, 6.45) is 4.29. The summed E-state index contributed by atoms with van der Waals surface area (Å²) in [7, 11) is 0. The molecule has 0 amide bonds. The smallest absolute Gasteiger partial charge is 0.0340 e. The molecule has 0 saturated carbocycles. The van der Waals surface area contributed by atoms with Crippen molar-refractivity contribution in [1.82, 2.24) is 0 Å². The SMILES string of the molecule is CCNc1ccc(/C=C/c2cccs2)cc1. The van der Waals surface area contributed by atoms with Crippen molar-refractivity contribution in [2.75, 3.05) is 11.9 Å². The van der Waals surface area contributed by atoms with Gasteiger partial charge in [-0.05, 0) is 42.1 Å². The van der Waals surface area contributed by atoms with Gasteiger partial charge in [-0.2, -0.15) is 0 Å². The fourth-order valence-electron chi connectivity index (χ4n) is 1.48. The van der Waals surface area contributed by atoms with Crippen LogP contribution in [0.2, 0.25) is 0 Å². The van der Waals surface area contributed by atoms with Gasteiger partial charge in [0, 0.05) is 17.1 Å². The van der Waals surface area contributed by atoms with Crippen LogP contribution in [0.5, 0.6) is 0 Å². The van der Waals surface area contributed by atoms with Crippen molar-refractivity contribution in [3.8, 4) is 0 Å². The van der Waals surface area contributed by atoms with Crippen LogP contribution < -0.4 is 5.32 Å². The Labute approximate surface area is 100 Å². The van der Waals surface area contributed by atoms with Gasteiger partial charge in [-0.3, -0.25) is 0 Å². The molecule has 1 nitrogen and oxygen atoms in total. The summed E-state index contributed by atoms with van der Waals surface area (Å²) in [6, 6.07) is 12.7. The molecule has 2 aromatic rings. The van der Waals surface area contributed by atoms with Crippen LogP contribution in [0.25, 0.3) is 12.2 Å². The predicted molar refractivity (Wildman–Crippen MR) is 73.9 cm³/mol. The summed E-state index contributed by atoms with van der Waals surface area (Å²) in [5.41, 5.74) is 2.41. The molecule has 0 aliphatic rings. The van der Waals surface area contributed by atoms with Gasteiger partial charge in [0.1, 0.15) is 0 Å². The number of rotatable bonds is 4. The molecular weight excluding hydrogens is 214 g/mol. The number of hydrogen-bond donors (Lipinski definition) is 1. The van der Waals surface area contributed by atoms with Crippen LogP contribution in [0.15, 0.2) is 41.8 Å². The summed E-state index contributed by atoms with van der Waals surface area (Å²) in [5.74, 6) is 0. The van der Waals surface area contributed by atoms with Crippen molar-refractivity contribution in [2.24, 2.45) is 0 Å². The molecule has 1 N–H and O–H groups in total. The van der Waals surface area contributed by atoms with Crippen LogP contribution in [0, 0.1) is 0 Å². The molecule has 16 heavy (non-hydrogen) atoms. The van der Waals surface area contributed by atoms with E-state index in [1.165, 1.54) is 16.1 Å². The molecule has 0 aliphatic heterocycles. The summed E-state index contributed by atoms with van der Waals surface area (Å²) < 4.78 is 0. The van der Waals surface area contributed by atoms with Gasteiger partial charge in [0.05, 0.1) is 0 Å². The summed E-state index contributed by atoms with van der Waals surface area (Å²) in [6.45, 7) is 3.06. The van der Waals surface area contributed by atoms with Crippen LogP contribution >= 0.6 is 11.3 Å². The Morgan fingerprint density at radius 2 is 1.94 bits per heavy atom. The van der Waals surface area contributed by atoms with E-state index in [9.17, 15) is 0 Å². The molecular formula is C14H15NS. The molecule has 82 valence electrons. The van der Waals surface area contributed by atoms with Crippen molar-refractivity contribution < 1.29 is 0 Å². The Kier molecular flexibility index (Phi) is 3.78. The Morgan fingerprint density at radius 3 is 2.56 bits per heavy atom. The van der Waals surface area contributed by atoms with Crippen LogP contribution in [-0.4, -0.2) is 6.54 Å². The number of nitrogens with one attached hydrogen (secondary N) is 1. The lowest BCUT2D eigenvalue weighted by Crippen LogP contribution is -1.95. The highest BCUT2D eigenvalue weighted by Gasteiger charge is 1.90. The van der Waals surface area contributed by atoms with Crippen LogP contribution in [0.4, 0.5) is 5.69 Å². The standard InChI is InChI=1S/C14H15NS/c1-2-15-13-8-5-12(6-9-13)7-10-14-4-3-11-16-14/h3-11,15H,2H2,1H3/b10-7+. The first-order valence-electron chi connectivity index (χ1n) is 5.44. The maximum absolute atomic E-state index is 3.28. The maximum Gasteiger partial charge on any atom is 0.0340 e. The van der Waals surface area contributed by atoms with Crippen molar-refractivity contribution in [3.05, 3.63) is 52.2 Å². The van der Waals surface area contributed by atoms with Crippen molar-refractivity contribution >= 4 is 29.2 Å². The summed E-state index contributed by atoms with van der Waals surface area (Å²) in [5, 5.41) is 5.37. The minimum Gasteiger partial charge on any atom is -0.385 e. The Hall–Kier alpha value is -1.54. The van der Waals surface area contributed by atoms with Crippen LogP contribution in [0.3, 0.4) is 0 Å². The Balaban J connectivity index is 2.05. The minimum absolute atomic E-state index is 0.963. The normalized spacial score (nSPS) is 10.8. The van der Waals surface area contributed by atoms with E-state index in [-0.39, 0.29) is 0 Å². The molecule has 0 atom stereocenters. The third kappa shape index (κ3) is 2.97. The first-order valence-corrected chi connectivity index (χ1v) is 6.32. The predicted octanol–water partition coefficient (Wildman–Crippen LogP) is 4.35.